The lowest BCUT2D eigenvalue weighted by atomic mass is 10.0. The second-order valence-electron chi connectivity index (χ2n) is 7.98. The van der Waals surface area contributed by atoms with Crippen LogP contribution in [0.15, 0.2) is 79.4 Å². The number of nitrogens with zero attached hydrogens (tertiary/aromatic N) is 3. The number of aromatic nitrogens is 3. The summed E-state index contributed by atoms with van der Waals surface area (Å²) in [6.45, 7) is 4.49. The van der Waals surface area contributed by atoms with Gasteiger partial charge in [0.2, 0.25) is 0 Å². The molecular formula is C25H27N5O. The van der Waals surface area contributed by atoms with Crippen molar-refractivity contribution in [3.05, 3.63) is 96.2 Å². The van der Waals surface area contributed by atoms with Crippen LogP contribution >= 0.6 is 0 Å². The van der Waals surface area contributed by atoms with Crippen molar-refractivity contribution < 1.29 is 4.74 Å². The van der Waals surface area contributed by atoms with Crippen LogP contribution in [0.3, 0.4) is 0 Å². The molecule has 31 heavy (non-hydrogen) atoms. The first-order valence-electron chi connectivity index (χ1n) is 10.8. The third-order valence-electron chi connectivity index (χ3n) is 6.03. The number of hydrogen-bond acceptors (Lipinski definition) is 5. The summed E-state index contributed by atoms with van der Waals surface area (Å²) in [5, 5.41) is 5.02. The van der Waals surface area contributed by atoms with Crippen LogP contribution in [0.1, 0.15) is 42.1 Å². The second-order valence-corrected chi connectivity index (χ2v) is 7.98. The van der Waals surface area contributed by atoms with Gasteiger partial charge in [-0.15, -0.1) is 0 Å². The van der Waals surface area contributed by atoms with Gasteiger partial charge < -0.3 is 9.72 Å². The minimum absolute atomic E-state index is 0.00594. The Morgan fingerprint density at radius 2 is 2.00 bits per heavy atom. The number of nitrogens with one attached hydrogen (secondary N) is 2. The summed E-state index contributed by atoms with van der Waals surface area (Å²) in [5.41, 5.74) is 4.59. The largest absolute Gasteiger partial charge is 0.371 e. The highest BCUT2D eigenvalue weighted by Gasteiger charge is 2.30. The predicted octanol–water partition coefficient (Wildman–Crippen LogP) is 4.38. The molecule has 2 aromatic heterocycles. The van der Waals surface area contributed by atoms with Gasteiger partial charge in [-0.25, -0.2) is 9.97 Å². The number of benzene rings is 2. The smallest absolute Gasteiger partial charge is 0.115 e. The van der Waals surface area contributed by atoms with Crippen molar-refractivity contribution in [2.45, 2.75) is 25.2 Å². The van der Waals surface area contributed by atoms with Crippen molar-refractivity contribution >= 4 is 10.9 Å². The van der Waals surface area contributed by atoms with Gasteiger partial charge in [-0.1, -0.05) is 42.5 Å². The molecule has 1 aliphatic heterocycles. The molecule has 158 valence electrons. The standard InChI is InChI=1S/C25H27N5O/c1-18(19-6-3-2-4-7-19)29-25(23-11-12-26-17-28-23)30-14-15-31-24(16-30)21-8-5-9-22-20(21)10-13-27-22/h2-13,17-18,24-25,27,29H,14-16H2,1H3. The molecule has 0 saturated carbocycles. The number of hydrogen-bond donors (Lipinski definition) is 2. The average Bonchev–Trinajstić information content (AvgIpc) is 3.33. The maximum atomic E-state index is 6.23. The summed E-state index contributed by atoms with van der Waals surface area (Å²) < 4.78 is 6.23. The molecule has 2 aromatic carbocycles. The molecule has 0 aliphatic carbocycles. The normalized spacial score (nSPS) is 19.3. The molecule has 1 fully saturated rings. The van der Waals surface area contributed by atoms with Crippen LogP contribution in [0.25, 0.3) is 10.9 Å². The molecule has 6 heteroatoms. The zero-order chi connectivity index (χ0) is 21.0. The molecule has 1 aliphatic rings. The SMILES string of the molecule is CC(NC(c1ccncn1)N1CCOC(c2cccc3[nH]ccc23)C1)c1ccccc1. The summed E-state index contributed by atoms with van der Waals surface area (Å²) >= 11 is 0. The molecule has 0 radical (unpaired) electrons. The zero-order valence-corrected chi connectivity index (χ0v) is 17.6. The topological polar surface area (TPSA) is 66.1 Å². The number of morpholine rings is 1. The van der Waals surface area contributed by atoms with Gasteiger partial charge in [-0.2, -0.15) is 0 Å². The molecular weight excluding hydrogens is 386 g/mol. The minimum atomic E-state index is -0.0324. The van der Waals surface area contributed by atoms with E-state index < -0.39 is 0 Å². The summed E-state index contributed by atoms with van der Waals surface area (Å²) in [7, 11) is 0. The van der Waals surface area contributed by atoms with Crippen LogP contribution in [-0.4, -0.2) is 39.5 Å². The molecule has 3 unspecified atom stereocenters. The Labute approximate surface area is 182 Å². The van der Waals surface area contributed by atoms with Gasteiger partial charge in [0, 0.05) is 42.4 Å². The molecule has 3 heterocycles. The van der Waals surface area contributed by atoms with Crippen molar-refractivity contribution in [1.82, 2.24) is 25.2 Å². The molecule has 5 rings (SSSR count). The summed E-state index contributed by atoms with van der Waals surface area (Å²) in [4.78, 5) is 14.4. The fourth-order valence-electron chi connectivity index (χ4n) is 4.40. The van der Waals surface area contributed by atoms with Gasteiger partial charge in [0.25, 0.3) is 0 Å². The van der Waals surface area contributed by atoms with Crippen molar-refractivity contribution in [3.63, 3.8) is 0 Å². The summed E-state index contributed by atoms with van der Waals surface area (Å²) in [6, 6.07) is 21.2. The number of rotatable bonds is 6. The monoisotopic (exact) mass is 413 g/mol. The van der Waals surface area contributed by atoms with E-state index >= 15 is 0 Å². The van der Waals surface area contributed by atoms with Crippen molar-refractivity contribution in [2.24, 2.45) is 0 Å². The molecule has 0 spiro atoms. The number of ether oxygens (including phenoxy) is 1. The van der Waals surface area contributed by atoms with Crippen molar-refractivity contribution in [1.29, 1.82) is 0 Å². The number of fused-ring (bicyclic) bond motifs is 1. The van der Waals surface area contributed by atoms with E-state index in [-0.39, 0.29) is 18.3 Å². The van der Waals surface area contributed by atoms with E-state index in [1.165, 1.54) is 16.5 Å². The van der Waals surface area contributed by atoms with E-state index in [4.69, 9.17) is 4.74 Å². The van der Waals surface area contributed by atoms with E-state index in [9.17, 15) is 0 Å². The van der Waals surface area contributed by atoms with Crippen LogP contribution in [0.2, 0.25) is 0 Å². The molecule has 0 amide bonds. The molecule has 2 N–H and O–H groups in total. The van der Waals surface area contributed by atoms with Gasteiger partial charge in [0.05, 0.1) is 18.4 Å². The third kappa shape index (κ3) is 4.23. The first-order valence-corrected chi connectivity index (χ1v) is 10.8. The highest BCUT2D eigenvalue weighted by atomic mass is 16.5. The van der Waals surface area contributed by atoms with E-state index in [1.807, 2.05) is 24.5 Å². The van der Waals surface area contributed by atoms with Crippen molar-refractivity contribution in [3.8, 4) is 0 Å². The van der Waals surface area contributed by atoms with Crippen LogP contribution in [0, 0.1) is 0 Å². The summed E-state index contributed by atoms with van der Waals surface area (Å²) in [5.74, 6) is 0. The summed E-state index contributed by atoms with van der Waals surface area (Å²) in [6.07, 6.45) is 5.39. The minimum Gasteiger partial charge on any atom is -0.371 e. The second kappa shape index (κ2) is 8.98. The van der Waals surface area contributed by atoms with Crippen LogP contribution < -0.4 is 5.32 Å². The van der Waals surface area contributed by atoms with E-state index in [2.05, 4.69) is 80.6 Å². The maximum Gasteiger partial charge on any atom is 0.115 e. The quantitative estimate of drug-likeness (QED) is 0.491. The van der Waals surface area contributed by atoms with Crippen molar-refractivity contribution in [2.75, 3.05) is 19.7 Å². The molecule has 1 saturated heterocycles. The highest BCUT2D eigenvalue weighted by molar-refractivity contribution is 5.83. The Morgan fingerprint density at radius 3 is 2.84 bits per heavy atom. The highest BCUT2D eigenvalue weighted by Crippen LogP contribution is 2.32. The lowest BCUT2D eigenvalue weighted by molar-refractivity contribution is -0.0524. The van der Waals surface area contributed by atoms with E-state index in [0.29, 0.717) is 6.61 Å². The first kappa shape index (κ1) is 19.9. The Bertz CT molecular complexity index is 1110. The third-order valence-corrected chi connectivity index (χ3v) is 6.03. The average molecular weight is 414 g/mol. The number of H-pyrrole nitrogens is 1. The fraction of sp³-hybridized carbons (Fsp3) is 0.280. The number of aromatic amines is 1. The van der Waals surface area contributed by atoms with Gasteiger partial charge in [0.15, 0.2) is 0 Å². The Balaban J connectivity index is 1.42. The molecule has 0 bridgehead atoms. The zero-order valence-electron chi connectivity index (χ0n) is 17.6. The first-order chi connectivity index (χ1) is 15.3. The van der Waals surface area contributed by atoms with Gasteiger partial charge in [-0.05, 0) is 36.2 Å². The lowest BCUT2D eigenvalue weighted by Crippen LogP contribution is -2.46. The molecule has 3 atom stereocenters. The maximum absolute atomic E-state index is 6.23. The lowest BCUT2D eigenvalue weighted by Gasteiger charge is -2.39. The Morgan fingerprint density at radius 1 is 1.10 bits per heavy atom. The van der Waals surface area contributed by atoms with Gasteiger partial charge >= 0.3 is 0 Å². The van der Waals surface area contributed by atoms with Gasteiger partial charge in [0.1, 0.15) is 12.5 Å². The predicted molar refractivity (Wildman–Crippen MR) is 121 cm³/mol. The van der Waals surface area contributed by atoms with Gasteiger partial charge in [-0.3, -0.25) is 10.2 Å². The van der Waals surface area contributed by atoms with Crippen LogP contribution in [0.5, 0.6) is 0 Å². The van der Waals surface area contributed by atoms with E-state index in [1.54, 1.807) is 6.33 Å². The van der Waals surface area contributed by atoms with Crippen LogP contribution in [0.4, 0.5) is 0 Å². The fourth-order valence-corrected chi connectivity index (χ4v) is 4.40. The Hall–Kier alpha value is -3.06. The molecule has 4 aromatic rings. The Kier molecular flexibility index (Phi) is 5.76. The van der Waals surface area contributed by atoms with Crippen LogP contribution in [-0.2, 0) is 4.74 Å². The molecule has 6 nitrogen and oxygen atoms in total. The van der Waals surface area contributed by atoms with E-state index in [0.717, 1.165) is 24.3 Å².